The SMILES string of the molecule is CC[C@H](C(=O)NC1CCCC1)N(Cc1cccc(OC)c1)C(=O)CN(c1ccc(F)c(Cl)c1)S(=O)(=O)c1ccccc1. The van der Waals surface area contributed by atoms with E-state index in [9.17, 15) is 22.4 Å². The van der Waals surface area contributed by atoms with Crippen molar-refractivity contribution < 1.29 is 27.1 Å². The number of anilines is 1. The third-order valence-electron chi connectivity index (χ3n) is 7.38. The van der Waals surface area contributed by atoms with Crippen LogP contribution in [0.15, 0.2) is 77.7 Å². The first-order valence-corrected chi connectivity index (χ1v) is 15.7. The highest BCUT2D eigenvalue weighted by molar-refractivity contribution is 7.92. The summed E-state index contributed by atoms with van der Waals surface area (Å²) >= 11 is 6.03. The number of nitrogens with one attached hydrogen (secondary N) is 1. The molecule has 0 heterocycles. The van der Waals surface area contributed by atoms with E-state index in [2.05, 4.69) is 5.32 Å². The fourth-order valence-electron chi connectivity index (χ4n) is 5.14. The molecule has 4 rings (SSSR count). The number of methoxy groups -OCH3 is 1. The molecule has 0 aromatic heterocycles. The maximum atomic E-state index is 14.2. The van der Waals surface area contributed by atoms with Crippen LogP contribution in [0.1, 0.15) is 44.6 Å². The van der Waals surface area contributed by atoms with Gasteiger partial charge in [-0.05, 0) is 67.3 Å². The van der Waals surface area contributed by atoms with Crippen molar-refractivity contribution in [2.75, 3.05) is 18.0 Å². The quantitative estimate of drug-likeness (QED) is 0.288. The van der Waals surface area contributed by atoms with Gasteiger partial charge in [-0.25, -0.2) is 12.8 Å². The first-order valence-electron chi connectivity index (χ1n) is 13.9. The maximum absolute atomic E-state index is 14.2. The molecule has 0 saturated heterocycles. The van der Waals surface area contributed by atoms with Gasteiger partial charge in [0.2, 0.25) is 11.8 Å². The second kappa shape index (κ2) is 14.0. The molecule has 1 aliphatic rings. The molecule has 1 atom stereocenters. The number of nitrogens with zero attached hydrogens (tertiary/aromatic N) is 2. The lowest BCUT2D eigenvalue weighted by molar-refractivity contribution is -0.140. The van der Waals surface area contributed by atoms with Crippen molar-refractivity contribution in [1.82, 2.24) is 10.2 Å². The van der Waals surface area contributed by atoms with Crippen LogP contribution in [0.5, 0.6) is 5.75 Å². The van der Waals surface area contributed by atoms with E-state index in [4.69, 9.17) is 16.3 Å². The van der Waals surface area contributed by atoms with Crippen molar-refractivity contribution in [2.24, 2.45) is 0 Å². The van der Waals surface area contributed by atoms with Crippen LogP contribution in [0.25, 0.3) is 0 Å². The van der Waals surface area contributed by atoms with Gasteiger partial charge in [0.1, 0.15) is 24.2 Å². The molecule has 0 radical (unpaired) electrons. The standard InChI is InChI=1S/C31H35ClFN3O5S/c1-3-29(31(38)34-23-11-7-8-12-23)35(20-22-10-9-13-25(18-22)41-2)30(37)21-36(24-16-17-28(33)27(32)19-24)42(39,40)26-14-5-4-6-15-26/h4-6,9-10,13-19,23,29H,3,7-8,11-12,20-21H2,1-2H3,(H,34,38)/t29-/m1/s1. The first-order chi connectivity index (χ1) is 20.1. The van der Waals surface area contributed by atoms with E-state index >= 15 is 0 Å². The molecule has 0 bridgehead atoms. The molecule has 3 aromatic carbocycles. The third kappa shape index (κ3) is 7.41. The zero-order valence-corrected chi connectivity index (χ0v) is 25.2. The van der Waals surface area contributed by atoms with Crippen LogP contribution in [-0.4, -0.2) is 50.9 Å². The van der Waals surface area contributed by atoms with E-state index in [0.29, 0.717) is 17.7 Å². The topological polar surface area (TPSA) is 96.0 Å². The number of hydrogen-bond donors (Lipinski definition) is 1. The highest BCUT2D eigenvalue weighted by atomic mass is 35.5. The lowest BCUT2D eigenvalue weighted by Gasteiger charge is -2.34. The highest BCUT2D eigenvalue weighted by Gasteiger charge is 2.34. The molecule has 224 valence electrons. The Morgan fingerprint density at radius 1 is 1.05 bits per heavy atom. The zero-order valence-electron chi connectivity index (χ0n) is 23.6. The Morgan fingerprint density at radius 3 is 2.40 bits per heavy atom. The summed E-state index contributed by atoms with van der Waals surface area (Å²) in [6.45, 7) is 1.20. The molecule has 1 saturated carbocycles. The van der Waals surface area contributed by atoms with E-state index in [-0.39, 0.29) is 34.1 Å². The zero-order chi connectivity index (χ0) is 30.3. The lowest BCUT2D eigenvalue weighted by atomic mass is 10.1. The van der Waals surface area contributed by atoms with Crippen LogP contribution < -0.4 is 14.4 Å². The molecule has 0 spiro atoms. The summed E-state index contributed by atoms with van der Waals surface area (Å²) in [6, 6.07) is 17.4. The fourth-order valence-corrected chi connectivity index (χ4v) is 6.74. The number of halogens is 2. The van der Waals surface area contributed by atoms with Crippen molar-refractivity contribution in [3.8, 4) is 5.75 Å². The molecule has 0 unspecified atom stereocenters. The van der Waals surface area contributed by atoms with Crippen LogP contribution in [0, 0.1) is 5.82 Å². The average Bonchev–Trinajstić information content (AvgIpc) is 3.50. The van der Waals surface area contributed by atoms with Crippen molar-refractivity contribution in [3.05, 3.63) is 89.2 Å². The van der Waals surface area contributed by atoms with E-state index in [0.717, 1.165) is 36.1 Å². The van der Waals surface area contributed by atoms with E-state index in [1.807, 2.05) is 13.0 Å². The van der Waals surface area contributed by atoms with E-state index < -0.39 is 34.3 Å². The molecule has 1 aliphatic carbocycles. The molecular weight excluding hydrogens is 581 g/mol. The highest BCUT2D eigenvalue weighted by Crippen LogP contribution is 2.29. The lowest BCUT2D eigenvalue weighted by Crippen LogP contribution is -2.53. The fraction of sp³-hybridized carbons (Fsp3) is 0.355. The summed E-state index contributed by atoms with van der Waals surface area (Å²) in [5.74, 6) is -1.04. The number of sulfonamides is 1. The predicted octanol–water partition coefficient (Wildman–Crippen LogP) is 5.55. The van der Waals surface area contributed by atoms with Gasteiger partial charge < -0.3 is 15.0 Å². The smallest absolute Gasteiger partial charge is 0.264 e. The summed E-state index contributed by atoms with van der Waals surface area (Å²) < 4.78 is 48.0. The molecule has 3 aromatic rings. The van der Waals surface area contributed by atoms with Gasteiger partial charge in [-0.3, -0.25) is 13.9 Å². The predicted molar refractivity (Wildman–Crippen MR) is 160 cm³/mol. The van der Waals surface area contributed by atoms with Gasteiger partial charge in [-0.15, -0.1) is 0 Å². The van der Waals surface area contributed by atoms with Gasteiger partial charge in [-0.2, -0.15) is 0 Å². The van der Waals surface area contributed by atoms with Gasteiger partial charge in [0.05, 0.1) is 22.7 Å². The Hall–Kier alpha value is -3.63. The minimum absolute atomic E-state index is 0.0170. The van der Waals surface area contributed by atoms with Crippen LogP contribution in [0.3, 0.4) is 0 Å². The Morgan fingerprint density at radius 2 is 1.76 bits per heavy atom. The Kier molecular flexibility index (Phi) is 10.5. The van der Waals surface area contributed by atoms with Crippen LogP contribution in [0.4, 0.5) is 10.1 Å². The molecule has 0 aliphatic heterocycles. The third-order valence-corrected chi connectivity index (χ3v) is 9.45. The molecule has 1 fully saturated rings. The van der Waals surface area contributed by atoms with Gasteiger partial charge in [0.25, 0.3) is 10.0 Å². The van der Waals surface area contributed by atoms with Gasteiger partial charge in [0, 0.05) is 12.6 Å². The van der Waals surface area contributed by atoms with E-state index in [1.165, 1.54) is 36.3 Å². The summed E-state index contributed by atoms with van der Waals surface area (Å²) in [4.78, 5) is 29.0. The minimum Gasteiger partial charge on any atom is -0.497 e. The summed E-state index contributed by atoms with van der Waals surface area (Å²) in [5, 5.41) is 2.79. The monoisotopic (exact) mass is 615 g/mol. The Bertz CT molecular complexity index is 1500. The second-order valence-electron chi connectivity index (χ2n) is 10.2. The number of rotatable bonds is 12. The van der Waals surface area contributed by atoms with Crippen LogP contribution in [0.2, 0.25) is 5.02 Å². The number of ether oxygens (including phenoxy) is 1. The molecule has 42 heavy (non-hydrogen) atoms. The van der Waals surface area contributed by atoms with Crippen LogP contribution in [-0.2, 0) is 26.2 Å². The number of benzene rings is 3. The number of amides is 2. The van der Waals surface area contributed by atoms with Gasteiger partial charge in [-0.1, -0.05) is 61.7 Å². The Labute approximate surface area is 251 Å². The second-order valence-corrected chi connectivity index (χ2v) is 12.5. The summed E-state index contributed by atoms with van der Waals surface area (Å²) in [7, 11) is -2.75. The van der Waals surface area contributed by atoms with Crippen molar-refractivity contribution in [1.29, 1.82) is 0 Å². The number of hydrogen-bond acceptors (Lipinski definition) is 5. The average molecular weight is 616 g/mol. The molecule has 11 heteroatoms. The summed E-state index contributed by atoms with van der Waals surface area (Å²) in [5.41, 5.74) is 0.723. The van der Waals surface area contributed by atoms with Crippen LogP contribution >= 0.6 is 11.6 Å². The van der Waals surface area contributed by atoms with Crippen molar-refractivity contribution >= 4 is 39.1 Å². The molecule has 1 N–H and O–H groups in total. The van der Waals surface area contributed by atoms with Gasteiger partial charge >= 0.3 is 0 Å². The normalized spacial score (nSPS) is 14.3. The Balaban J connectivity index is 1.73. The number of carbonyl (C=O) groups is 2. The molecule has 2 amide bonds. The molecule has 8 nitrogen and oxygen atoms in total. The van der Waals surface area contributed by atoms with Gasteiger partial charge in [0.15, 0.2) is 0 Å². The van der Waals surface area contributed by atoms with E-state index in [1.54, 1.807) is 36.4 Å². The molecular formula is C31H35ClFN3O5S. The largest absolute Gasteiger partial charge is 0.497 e. The first kappa shape index (κ1) is 31.3. The van der Waals surface area contributed by atoms with Crippen molar-refractivity contribution in [2.45, 2.75) is 62.6 Å². The maximum Gasteiger partial charge on any atom is 0.264 e. The summed E-state index contributed by atoms with van der Waals surface area (Å²) in [6.07, 6.45) is 4.12. The van der Waals surface area contributed by atoms with Crippen molar-refractivity contribution in [3.63, 3.8) is 0 Å². The minimum atomic E-state index is -4.28. The number of carbonyl (C=O) groups excluding carboxylic acids is 2.